The molecule has 0 unspecified atom stereocenters. The van der Waals surface area contributed by atoms with Crippen LogP contribution >= 0.6 is 0 Å². The predicted molar refractivity (Wildman–Crippen MR) is 131 cm³/mol. The van der Waals surface area contributed by atoms with Gasteiger partial charge in [-0.3, -0.25) is 9.59 Å². The first-order valence-electron chi connectivity index (χ1n) is 11.2. The first kappa shape index (κ1) is 27.3. The van der Waals surface area contributed by atoms with Crippen molar-refractivity contribution in [1.82, 2.24) is 14.5 Å². The van der Waals surface area contributed by atoms with Crippen LogP contribution in [0.15, 0.2) is 54.6 Å². The lowest BCUT2D eigenvalue weighted by atomic mass is 10.1. The Morgan fingerprint density at radius 2 is 1.62 bits per heavy atom. The summed E-state index contributed by atoms with van der Waals surface area (Å²) in [5.41, 5.74) is 0.952. The number of carbonyl (C=O) groups excluding carboxylic acids is 2. The van der Waals surface area contributed by atoms with Crippen LogP contribution in [0.5, 0.6) is 0 Å². The second kappa shape index (κ2) is 12.5. The van der Waals surface area contributed by atoms with Crippen molar-refractivity contribution < 1.29 is 22.4 Å². The van der Waals surface area contributed by atoms with Crippen molar-refractivity contribution in [3.05, 3.63) is 66.0 Å². The number of nitrogens with zero attached hydrogens (tertiary/aromatic N) is 3. The van der Waals surface area contributed by atoms with Gasteiger partial charge in [0.2, 0.25) is 11.8 Å². The van der Waals surface area contributed by atoms with Gasteiger partial charge in [-0.15, -0.1) is 0 Å². The van der Waals surface area contributed by atoms with Crippen LogP contribution in [0, 0.1) is 5.82 Å². The van der Waals surface area contributed by atoms with Gasteiger partial charge in [0.15, 0.2) is 0 Å². The van der Waals surface area contributed by atoms with E-state index in [-0.39, 0.29) is 18.1 Å². The van der Waals surface area contributed by atoms with Gasteiger partial charge in [-0.1, -0.05) is 44.2 Å². The fourth-order valence-corrected chi connectivity index (χ4v) is 4.45. The van der Waals surface area contributed by atoms with Gasteiger partial charge in [-0.05, 0) is 42.7 Å². The van der Waals surface area contributed by atoms with Crippen LogP contribution in [-0.2, 0) is 26.3 Å². The summed E-state index contributed by atoms with van der Waals surface area (Å²) in [6.45, 7) is 3.80. The topological polar surface area (TPSA) is 90.0 Å². The normalized spacial score (nSPS) is 12.3. The summed E-state index contributed by atoms with van der Waals surface area (Å²) in [4.78, 5) is 27.9. The van der Waals surface area contributed by atoms with Crippen molar-refractivity contribution in [1.29, 1.82) is 0 Å². The fraction of sp³-hybridized carbons (Fsp3) is 0.417. The van der Waals surface area contributed by atoms with Gasteiger partial charge < -0.3 is 10.2 Å². The molecule has 186 valence electrons. The van der Waals surface area contributed by atoms with E-state index >= 15 is 0 Å². The first-order chi connectivity index (χ1) is 16.1. The van der Waals surface area contributed by atoms with Crippen molar-refractivity contribution in [2.24, 2.45) is 0 Å². The number of hydrogen-bond donors (Lipinski definition) is 1. The molecule has 2 amide bonds. The molecule has 0 saturated carbocycles. The predicted octanol–water partition coefficient (Wildman–Crippen LogP) is 2.77. The van der Waals surface area contributed by atoms with Gasteiger partial charge in [-0.25, -0.2) is 8.70 Å². The smallest absolute Gasteiger partial charge is 0.304 e. The van der Waals surface area contributed by atoms with Gasteiger partial charge in [0.05, 0.1) is 5.69 Å². The highest BCUT2D eigenvalue weighted by Crippen LogP contribution is 2.21. The van der Waals surface area contributed by atoms with Crippen molar-refractivity contribution >= 4 is 27.7 Å². The summed E-state index contributed by atoms with van der Waals surface area (Å²) in [5, 5.41) is 2.83. The SMILES string of the molecule is CCCNC(=O)[C@H](CC)N(Cc1ccccc1)C(=O)CN(c1ccc(F)cc1)S(=O)(=O)N(C)C. The Kier molecular flexibility index (Phi) is 10.0. The van der Waals surface area contributed by atoms with Crippen LogP contribution in [-0.4, -0.2) is 62.7 Å². The Morgan fingerprint density at radius 1 is 1.00 bits per heavy atom. The van der Waals surface area contributed by atoms with E-state index < -0.39 is 34.5 Å². The number of carbonyl (C=O) groups is 2. The molecule has 0 aromatic heterocycles. The number of halogens is 1. The molecule has 2 aromatic carbocycles. The Morgan fingerprint density at radius 3 is 2.15 bits per heavy atom. The molecule has 0 spiro atoms. The van der Waals surface area contributed by atoms with Crippen LogP contribution in [0.3, 0.4) is 0 Å². The number of nitrogens with one attached hydrogen (secondary N) is 1. The van der Waals surface area contributed by atoms with E-state index in [1.807, 2.05) is 37.3 Å². The van der Waals surface area contributed by atoms with E-state index in [9.17, 15) is 22.4 Å². The summed E-state index contributed by atoms with van der Waals surface area (Å²) in [6, 6.07) is 13.3. The van der Waals surface area contributed by atoms with E-state index in [1.54, 1.807) is 6.92 Å². The third-order valence-corrected chi connectivity index (χ3v) is 7.08. The van der Waals surface area contributed by atoms with Crippen LogP contribution in [0.1, 0.15) is 32.3 Å². The molecule has 1 atom stereocenters. The molecule has 2 rings (SSSR count). The van der Waals surface area contributed by atoms with Gasteiger partial charge in [0.25, 0.3) is 0 Å². The second-order valence-electron chi connectivity index (χ2n) is 8.00. The molecule has 0 aliphatic rings. The summed E-state index contributed by atoms with van der Waals surface area (Å²) in [6.07, 6.45) is 1.10. The van der Waals surface area contributed by atoms with Gasteiger partial charge in [-0.2, -0.15) is 12.7 Å². The Bertz CT molecular complexity index is 1050. The molecule has 8 nitrogen and oxygen atoms in total. The Hall–Kier alpha value is -2.98. The van der Waals surface area contributed by atoms with Crippen LogP contribution in [0.25, 0.3) is 0 Å². The quantitative estimate of drug-likeness (QED) is 0.493. The van der Waals surface area contributed by atoms with Crippen molar-refractivity contribution in [3.63, 3.8) is 0 Å². The van der Waals surface area contributed by atoms with E-state index in [1.165, 1.54) is 31.1 Å². The van der Waals surface area contributed by atoms with Crippen LogP contribution in [0.2, 0.25) is 0 Å². The van der Waals surface area contributed by atoms with Crippen LogP contribution < -0.4 is 9.62 Å². The minimum atomic E-state index is -4.08. The number of hydrogen-bond acceptors (Lipinski definition) is 4. The molecule has 0 heterocycles. The van der Waals surface area contributed by atoms with Gasteiger partial charge >= 0.3 is 10.2 Å². The number of amides is 2. The highest BCUT2D eigenvalue weighted by atomic mass is 32.2. The van der Waals surface area contributed by atoms with E-state index in [0.717, 1.165) is 32.7 Å². The molecule has 1 N–H and O–H groups in total. The fourth-order valence-electron chi connectivity index (χ4n) is 3.39. The molecular weight excluding hydrogens is 459 g/mol. The Balaban J connectivity index is 2.45. The maximum Gasteiger partial charge on any atom is 0.304 e. The number of benzene rings is 2. The maximum atomic E-state index is 13.6. The lowest BCUT2D eigenvalue weighted by Crippen LogP contribution is -2.53. The standard InChI is InChI=1S/C24H33FN4O4S/c1-5-16-26-24(31)22(6-2)28(17-19-10-8-7-9-11-19)23(30)18-29(34(32,33)27(3)4)21-14-12-20(25)13-15-21/h7-15,22H,5-6,16-18H2,1-4H3,(H,26,31)/t22-/m0/s1. The monoisotopic (exact) mass is 492 g/mol. The molecule has 0 fully saturated rings. The third-order valence-electron chi connectivity index (χ3n) is 5.26. The molecule has 10 heteroatoms. The summed E-state index contributed by atoms with van der Waals surface area (Å²) >= 11 is 0. The summed E-state index contributed by atoms with van der Waals surface area (Å²) in [7, 11) is -1.37. The minimum Gasteiger partial charge on any atom is -0.354 e. The lowest BCUT2D eigenvalue weighted by Gasteiger charge is -2.33. The largest absolute Gasteiger partial charge is 0.354 e. The van der Waals surface area contributed by atoms with Crippen LogP contribution in [0.4, 0.5) is 10.1 Å². The zero-order valence-corrected chi connectivity index (χ0v) is 20.9. The molecule has 0 saturated heterocycles. The zero-order valence-electron chi connectivity index (χ0n) is 20.1. The van der Waals surface area contributed by atoms with Crippen molar-refractivity contribution in [3.8, 4) is 0 Å². The van der Waals surface area contributed by atoms with Crippen molar-refractivity contribution in [2.45, 2.75) is 39.3 Å². The number of rotatable bonds is 12. The average molecular weight is 493 g/mol. The molecule has 34 heavy (non-hydrogen) atoms. The van der Waals surface area contributed by atoms with E-state index in [4.69, 9.17) is 0 Å². The molecule has 2 aromatic rings. The molecule has 0 aliphatic carbocycles. The van der Waals surface area contributed by atoms with E-state index in [2.05, 4.69) is 5.32 Å². The molecular formula is C24H33FN4O4S. The number of anilines is 1. The minimum absolute atomic E-state index is 0.136. The highest BCUT2D eigenvalue weighted by Gasteiger charge is 2.33. The lowest BCUT2D eigenvalue weighted by molar-refractivity contribution is -0.140. The Labute approximate surface area is 201 Å². The van der Waals surface area contributed by atoms with Gasteiger partial charge in [0.1, 0.15) is 18.4 Å². The summed E-state index contributed by atoms with van der Waals surface area (Å²) in [5.74, 6) is -1.36. The molecule has 0 radical (unpaired) electrons. The highest BCUT2D eigenvalue weighted by molar-refractivity contribution is 7.90. The van der Waals surface area contributed by atoms with Crippen molar-refractivity contribution in [2.75, 3.05) is 31.5 Å². The second-order valence-corrected chi connectivity index (χ2v) is 10.1. The molecule has 0 bridgehead atoms. The molecule has 0 aliphatic heterocycles. The zero-order chi connectivity index (χ0) is 25.3. The summed E-state index contributed by atoms with van der Waals surface area (Å²) < 4.78 is 41.5. The third kappa shape index (κ3) is 7.01. The maximum absolute atomic E-state index is 13.6. The first-order valence-corrected chi connectivity index (χ1v) is 12.6. The average Bonchev–Trinajstić information content (AvgIpc) is 2.82. The van der Waals surface area contributed by atoms with Gasteiger partial charge in [0, 0.05) is 27.2 Å². The van der Waals surface area contributed by atoms with E-state index in [0.29, 0.717) is 13.0 Å².